The first-order valence-corrected chi connectivity index (χ1v) is 9.02. The number of aliphatic hydroxyl groups is 1. The lowest BCUT2D eigenvalue weighted by molar-refractivity contribution is -0.137. The van der Waals surface area contributed by atoms with Gasteiger partial charge in [-0.05, 0) is 37.8 Å². The highest BCUT2D eigenvalue weighted by Crippen LogP contribution is 2.33. The highest BCUT2D eigenvalue weighted by atomic mass is 19.1. The molecule has 2 N–H and O–H groups in total. The molecule has 1 aromatic rings. The summed E-state index contributed by atoms with van der Waals surface area (Å²) in [6, 6.07) is 5.85. The molecule has 3 rings (SSSR count). The Labute approximate surface area is 147 Å². The Morgan fingerprint density at radius 1 is 1.20 bits per heavy atom. The number of rotatable bonds is 4. The monoisotopic (exact) mass is 348 g/mol. The van der Waals surface area contributed by atoms with Gasteiger partial charge >= 0.3 is 0 Å². The zero-order valence-corrected chi connectivity index (χ0v) is 14.3. The summed E-state index contributed by atoms with van der Waals surface area (Å²) in [5, 5.41) is 13.2. The highest BCUT2D eigenvalue weighted by Gasteiger charge is 2.35. The molecule has 5 nitrogen and oxygen atoms in total. The molecule has 0 spiro atoms. The summed E-state index contributed by atoms with van der Waals surface area (Å²) in [7, 11) is 0. The molecule has 25 heavy (non-hydrogen) atoms. The lowest BCUT2D eigenvalue weighted by atomic mass is 9.96. The van der Waals surface area contributed by atoms with E-state index in [0.717, 1.165) is 12.8 Å². The van der Waals surface area contributed by atoms with Crippen LogP contribution in [0, 0.1) is 5.82 Å². The summed E-state index contributed by atoms with van der Waals surface area (Å²) in [6.07, 6.45) is 4.84. The predicted molar refractivity (Wildman–Crippen MR) is 91.5 cm³/mol. The summed E-state index contributed by atoms with van der Waals surface area (Å²) in [5.41, 5.74) is -0.781. The number of likely N-dealkylation sites (tertiary alicyclic amines) is 1. The van der Waals surface area contributed by atoms with Crippen LogP contribution < -0.4 is 5.32 Å². The van der Waals surface area contributed by atoms with Gasteiger partial charge in [-0.3, -0.25) is 9.59 Å². The summed E-state index contributed by atoms with van der Waals surface area (Å²) < 4.78 is 13.7. The number of hydrogen-bond acceptors (Lipinski definition) is 3. The van der Waals surface area contributed by atoms with Crippen LogP contribution in [-0.4, -0.2) is 46.6 Å². The Balaban J connectivity index is 1.48. The molecule has 0 unspecified atom stereocenters. The molecule has 0 bridgehead atoms. The van der Waals surface area contributed by atoms with Gasteiger partial charge in [0.2, 0.25) is 5.91 Å². The quantitative estimate of drug-likeness (QED) is 0.877. The fourth-order valence-corrected chi connectivity index (χ4v) is 3.78. The minimum Gasteiger partial charge on any atom is -0.389 e. The van der Waals surface area contributed by atoms with Crippen LogP contribution in [0.1, 0.15) is 55.3 Å². The van der Waals surface area contributed by atoms with E-state index < -0.39 is 17.3 Å². The van der Waals surface area contributed by atoms with Gasteiger partial charge < -0.3 is 15.3 Å². The predicted octanol–water partition coefficient (Wildman–Crippen LogP) is 2.24. The van der Waals surface area contributed by atoms with E-state index >= 15 is 0 Å². The van der Waals surface area contributed by atoms with Gasteiger partial charge in [-0.25, -0.2) is 4.39 Å². The van der Waals surface area contributed by atoms with Crippen LogP contribution in [0.25, 0.3) is 0 Å². The van der Waals surface area contributed by atoms with Crippen LogP contribution >= 0.6 is 0 Å². The van der Waals surface area contributed by atoms with E-state index in [4.69, 9.17) is 0 Å². The molecule has 0 radical (unpaired) electrons. The largest absolute Gasteiger partial charge is 0.389 e. The van der Waals surface area contributed by atoms with E-state index in [1.54, 1.807) is 17.0 Å². The Kier molecular flexibility index (Phi) is 5.37. The fraction of sp³-hybridized carbons (Fsp3) is 0.579. The molecular formula is C19H25FN2O3. The third-order valence-corrected chi connectivity index (χ3v) is 5.32. The number of amides is 2. The first-order valence-electron chi connectivity index (χ1n) is 9.02. The standard InChI is InChI=1S/C19H25FN2O3/c20-16-6-2-1-5-15(16)18(24)21-14-7-11-22(12-8-14)17(23)13-19(25)9-3-4-10-19/h1-2,5-6,14,25H,3-4,7-13H2,(H,21,24). The molecule has 1 aliphatic heterocycles. The summed E-state index contributed by atoms with van der Waals surface area (Å²) in [6.45, 7) is 1.11. The third-order valence-electron chi connectivity index (χ3n) is 5.32. The molecule has 2 amide bonds. The normalized spacial score (nSPS) is 20.5. The van der Waals surface area contributed by atoms with Crippen molar-refractivity contribution < 1.29 is 19.1 Å². The van der Waals surface area contributed by atoms with Crippen LogP contribution in [0.2, 0.25) is 0 Å². The maximum atomic E-state index is 13.7. The number of benzene rings is 1. The van der Waals surface area contributed by atoms with Crippen LogP contribution in [0.4, 0.5) is 4.39 Å². The van der Waals surface area contributed by atoms with Gasteiger partial charge in [-0.15, -0.1) is 0 Å². The van der Waals surface area contributed by atoms with Crippen LogP contribution in [0.3, 0.4) is 0 Å². The minimum absolute atomic E-state index is 0.0109. The van der Waals surface area contributed by atoms with Gasteiger partial charge in [0.25, 0.3) is 5.91 Å². The molecule has 1 heterocycles. The van der Waals surface area contributed by atoms with E-state index in [9.17, 15) is 19.1 Å². The average Bonchev–Trinajstić information content (AvgIpc) is 3.02. The van der Waals surface area contributed by atoms with Gasteiger partial charge in [0.1, 0.15) is 5.82 Å². The number of carbonyl (C=O) groups is 2. The first-order chi connectivity index (χ1) is 12.0. The van der Waals surface area contributed by atoms with Crippen molar-refractivity contribution in [2.75, 3.05) is 13.1 Å². The Morgan fingerprint density at radius 2 is 1.84 bits per heavy atom. The Hall–Kier alpha value is -1.95. The first kappa shape index (κ1) is 17.9. The number of piperidine rings is 1. The maximum absolute atomic E-state index is 13.7. The topological polar surface area (TPSA) is 69.6 Å². The molecule has 6 heteroatoms. The van der Waals surface area contributed by atoms with Gasteiger partial charge in [-0.2, -0.15) is 0 Å². The number of hydrogen-bond donors (Lipinski definition) is 2. The van der Waals surface area contributed by atoms with Gasteiger partial charge in [0.05, 0.1) is 17.6 Å². The van der Waals surface area contributed by atoms with Crippen molar-refractivity contribution in [2.24, 2.45) is 0 Å². The van der Waals surface area contributed by atoms with E-state index in [1.165, 1.54) is 12.1 Å². The fourth-order valence-electron chi connectivity index (χ4n) is 3.78. The maximum Gasteiger partial charge on any atom is 0.254 e. The van der Waals surface area contributed by atoms with E-state index in [-0.39, 0.29) is 23.9 Å². The molecule has 1 aliphatic carbocycles. The number of carbonyl (C=O) groups excluding carboxylic acids is 2. The molecule has 0 atom stereocenters. The van der Waals surface area contributed by atoms with Crippen LogP contribution in [-0.2, 0) is 4.79 Å². The molecule has 1 aromatic carbocycles. The average molecular weight is 348 g/mol. The van der Waals surface area contributed by atoms with Gasteiger partial charge in [-0.1, -0.05) is 25.0 Å². The zero-order chi connectivity index (χ0) is 17.9. The van der Waals surface area contributed by atoms with E-state index in [1.807, 2.05) is 0 Å². The van der Waals surface area contributed by atoms with Crippen molar-refractivity contribution in [3.8, 4) is 0 Å². The number of nitrogens with zero attached hydrogens (tertiary/aromatic N) is 1. The molecule has 0 aromatic heterocycles. The number of halogens is 1. The van der Waals surface area contributed by atoms with Crippen molar-refractivity contribution >= 4 is 11.8 Å². The minimum atomic E-state index is -0.826. The van der Waals surface area contributed by atoms with Gasteiger partial charge in [0, 0.05) is 19.1 Å². The SMILES string of the molecule is O=C(NC1CCN(C(=O)CC2(O)CCCC2)CC1)c1ccccc1F. The highest BCUT2D eigenvalue weighted by molar-refractivity contribution is 5.94. The second-order valence-electron chi connectivity index (χ2n) is 7.22. The van der Waals surface area contributed by atoms with Crippen molar-refractivity contribution in [3.63, 3.8) is 0 Å². The second kappa shape index (κ2) is 7.52. The van der Waals surface area contributed by atoms with Crippen LogP contribution in [0.15, 0.2) is 24.3 Å². The lowest BCUT2D eigenvalue weighted by Crippen LogP contribution is -2.48. The Morgan fingerprint density at radius 3 is 2.48 bits per heavy atom. The third kappa shape index (κ3) is 4.37. The number of nitrogens with one attached hydrogen (secondary N) is 1. The molecule has 1 saturated heterocycles. The lowest BCUT2D eigenvalue weighted by Gasteiger charge is -2.34. The Bertz CT molecular complexity index is 635. The zero-order valence-electron chi connectivity index (χ0n) is 14.3. The smallest absolute Gasteiger partial charge is 0.254 e. The molecule has 1 saturated carbocycles. The molecule has 136 valence electrons. The van der Waals surface area contributed by atoms with Crippen molar-refractivity contribution in [3.05, 3.63) is 35.6 Å². The summed E-state index contributed by atoms with van der Waals surface area (Å²) in [5.74, 6) is -0.955. The van der Waals surface area contributed by atoms with E-state index in [2.05, 4.69) is 5.32 Å². The summed E-state index contributed by atoms with van der Waals surface area (Å²) >= 11 is 0. The van der Waals surface area contributed by atoms with Crippen molar-refractivity contribution in [1.29, 1.82) is 0 Å². The summed E-state index contributed by atoms with van der Waals surface area (Å²) in [4.78, 5) is 26.3. The van der Waals surface area contributed by atoms with E-state index in [0.29, 0.717) is 38.8 Å². The molecular weight excluding hydrogens is 323 g/mol. The van der Waals surface area contributed by atoms with Crippen molar-refractivity contribution in [1.82, 2.24) is 10.2 Å². The second-order valence-corrected chi connectivity index (χ2v) is 7.22. The van der Waals surface area contributed by atoms with Crippen molar-refractivity contribution in [2.45, 2.75) is 56.6 Å². The molecule has 2 fully saturated rings. The van der Waals surface area contributed by atoms with Gasteiger partial charge in [0.15, 0.2) is 0 Å². The van der Waals surface area contributed by atoms with Crippen LogP contribution in [0.5, 0.6) is 0 Å². The molecule has 2 aliphatic rings.